The van der Waals surface area contributed by atoms with Crippen molar-refractivity contribution in [2.45, 2.75) is 90.3 Å². The second-order valence-electron chi connectivity index (χ2n) is 9.60. The topological polar surface area (TPSA) is 29.5 Å². The minimum Gasteiger partial charge on any atom is -0.368 e. The van der Waals surface area contributed by atoms with Gasteiger partial charge in [-0.05, 0) is 74.0 Å². The van der Waals surface area contributed by atoms with Crippen LogP contribution in [0.5, 0.6) is 0 Å². The van der Waals surface area contributed by atoms with Crippen molar-refractivity contribution in [2.75, 3.05) is 6.61 Å². The number of ether oxygens (including phenoxy) is 1. The van der Waals surface area contributed by atoms with Gasteiger partial charge in [0.25, 0.3) is 0 Å². The average Bonchev–Trinajstić information content (AvgIpc) is 2.62. The van der Waals surface area contributed by atoms with Gasteiger partial charge in [0, 0.05) is 12.5 Å². The molecule has 1 N–H and O–H groups in total. The quantitative estimate of drug-likeness (QED) is 0.750. The van der Waals surface area contributed by atoms with Gasteiger partial charge in [0.1, 0.15) is 0 Å². The summed E-state index contributed by atoms with van der Waals surface area (Å²) in [7, 11) is 0. The molecule has 24 heavy (non-hydrogen) atoms. The Balaban J connectivity index is 1.48. The van der Waals surface area contributed by atoms with Crippen LogP contribution in [0.1, 0.15) is 84.0 Å². The zero-order valence-corrected chi connectivity index (χ0v) is 15.7. The fourth-order valence-corrected chi connectivity index (χ4v) is 7.20. The Morgan fingerprint density at radius 2 is 1.50 bits per heavy atom. The van der Waals surface area contributed by atoms with Crippen LogP contribution in [0, 0.1) is 41.4 Å². The second kappa shape index (κ2) is 7.66. The molecule has 7 atom stereocenters. The van der Waals surface area contributed by atoms with Crippen molar-refractivity contribution in [1.82, 2.24) is 0 Å². The van der Waals surface area contributed by atoms with E-state index in [1.807, 2.05) is 0 Å². The van der Waals surface area contributed by atoms with E-state index in [1.54, 1.807) is 6.42 Å². The van der Waals surface area contributed by atoms with E-state index in [0.717, 1.165) is 49.0 Å². The molecule has 7 unspecified atom stereocenters. The molecule has 2 heteroatoms. The van der Waals surface area contributed by atoms with E-state index < -0.39 is 6.29 Å². The molecule has 1 aliphatic heterocycles. The van der Waals surface area contributed by atoms with Gasteiger partial charge in [-0.2, -0.15) is 0 Å². The number of aliphatic hydroxyl groups is 1. The largest absolute Gasteiger partial charge is 0.368 e. The van der Waals surface area contributed by atoms with Gasteiger partial charge in [-0.15, -0.1) is 0 Å². The molecule has 4 fully saturated rings. The van der Waals surface area contributed by atoms with Crippen LogP contribution < -0.4 is 0 Å². The van der Waals surface area contributed by atoms with Gasteiger partial charge in [0.2, 0.25) is 0 Å². The summed E-state index contributed by atoms with van der Waals surface area (Å²) in [5.74, 6) is 6.01. The molecule has 2 nitrogen and oxygen atoms in total. The third-order valence-corrected chi connectivity index (χ3v) is 8.35. The standard InChI is InChI=1S/C22H38O2/c1-15(18-11-6-12-24-22(18)23)13-21-19-9-4-2-7-16(19)14-17-8-3-5-10-20(17)21/h15-23H,2-14H2,1H3. The molecule has 3 saturated carbocycles. The van der Waals surface area contributed by atoms with Crippen molar-refractivity contribution < 1.29 is 9.84 Å². The van der Waals surface area contributed by atoms with Crippen molar-refractivity contribution in [3.63, 3.8) is 0 Å². The number of fused-ring (bicyclic) bond motifs is 2. The van der Waals surface area contributed by atoms with Gasteiger partial charge in [-0.1, -0.05) is 45.4 Å². The highest BCUT2D eigenvalue weighted by Crippen LogP contribution is 2.55. The maximum absolute atomic E-state index is 10.3. The minimum atomic E-state index is -0.498. The monoisotopic (exact) mass is 334 g/mol. The molecule has 4 aliphatic rings. The van der Waals surface area contributed by atoms with Crippen LogP contribution in [0.3, 0.4) is 0 Å². The molecule has 1 heterocycles. The Labute approximate surface area is 148 Å². The van der Waals surface area contributed by atoms with E-state index in [0.29, 0.717) is 11.8 Å². The second-order valence-corrected chi connectivity index (χ2v) is 9.60. The van der Waals surface area contributed by atoms with Crippen LogP contribution in [0.4, 0.5) is 0 Å². The molecule has 0 aromatic carbocycles. The molecule has 0 amide bonds. The summed E-state index contributed by atoms with van der Waals surface area (Å²) >= 11 is 0. The molecule has 0 spiro atoms. The lowest BCUT2D eigenvalue weighted by Gasteiger charge is -2.52. The lowest BCUT2D eigenvalue weighted by molar-refractivity contribution is -0.173. The van der Waals surface area contributed by atoms with Gasteiger partial charge in [-0.25, -0.2) is 0 Å². The molecule has 138 valence electrons. The van der Waals surface area contributed by atoms with Crippen LogP contribution in [-0.4, -0.2) is 18.0 Å². The van der Waals surface area contributed by atoms with Crippen molar-refractivity contribution in [3.05, 3.63) is 0 Å². The fraction of sp³-hybridized carbons (Fsp3) is 1.00. The third kappa shape index (κ3) is 3.43. The van der Waals surface area contributed by atoms with Crippen LogP contribution in [0.2, 0.25) is 0 Å². The highest BCUT2D eigenvalue weighted by atomic mass is 16.6. The van der Waals surface area contributed by atoms with Crippen molar-refractivity contribution in [1.29, 1.82) is 0 Å². The predicted molar refractivity (Wildman–Crippen MR) is 97.5 cm³/mol. The summed E-state index contributed by atoms with van der Waals surface area (Å²) in [5, 5.41) is 10.3. The molecule has 0 bridgehead atoms. The number of hydrogen-bond acceptors (Lipinski definition) is 2. The number of rotatable bonds is 3. The average molecular weight is 335 g/mol. The first-order chi connectivity index (χ1) is 11.7. The fourth-order valence-electron chi connectivity index (χ4n) is 7.20. The first-order valence-electron chi connectivity index (χ1n) is 11.0. The number of aliphatic hydroxyl groups excluding tert-OH is 1. The van der Waals surface area contributed by atoms with Crippen LogP contribution >= 0.6 is 0 Å². The van der Waals surface area contributed by atoms with Crippen LogP contribution in [0.15, 0.2) is 0 Å². The van der Waals surface area contributed by atoms with E-state index >= 15 is 0 Å². The molecule has 3 aliphatic carbocycles. The Bertz CT molecular complexity index is 387. The zero-order chi connectivity index (χ0) is 16.5. The lowest BCUT2D eigenvalue weighted by Crippen LogP contribution is -2.44. The first-order valence-corrected chi connectivity index (χ1v) is 11.0. The molecular formula is C22H38O2. The van der Waals surface area contributed by atoms with Gasteiger partial charge < -0.3 is 9.84 Å². The van der Waals surface area contributed by atoms with Crippen molar-refractivity contribution in [2.24, 2.45) is 41.4 Å². The molecule has 0 aromatic rings. The molecule has 0 radical (unpaired) electrons. The molecule has 0 aromatic heterocycles. The first kappa shape index (κ1) is 17.3. The van der Waals surface area contributed by atoms with Gasteiger partial charge in [0.15, 0.2) is 6.29 Å². The van der Waals surface area contributed by atoms with Crippen LogP contribution in [0.25, 0.3) is 0 Å². The van der Waals surface area contributed by atoms with E-state index in [1.165, 1.54) is 57.8 Å². The summed E-state index contributed by atoms with van der Waals surface area (Å²) < 4.78 is 5.57. The van der Waals surface area contributed by atoms with E-state index in [-0.39, 0.29) is 0 Å². The Kier molecular flexibility index (Phi) is 5.53. The lowest BCUT2D eigenvalue weighted by atomic mass is 9.53. The zero-order valence-electron chi connectivity index (χ0n) is 15.7. The Morgan fingerprint density at radius 3 is 2.12 bits per heavy atom. The van der Waals surface area contributed by atoms with E-state index in [2.05, 4.69) is 6.92 Å². The summed E-state index contributed by atoms with van der Waals surface area (Å²) in [5.41, 5.74) is 0. The van der Waals surface area contributed by atoms with Crippen molar-refractivity contribution in [3.8, 4) is 0 Å². The summed E-state index contributed by atoms with van der Waals surface area (Å²) in [4.78, 5) is 0. The Hall–Kier alpha value is -0.0800. The van der Waals surface area contributed by atoms with E-state index in [4.69, 9.17) is 4.74 Å². The highest BCUT2D eigenvalue weighted by molar-refractivity contribution is 4.96. The molecule has 1 saturated heterocycles. The predicted octanol–water partition coefficient (Wildman–Crippen LogP) is 5.39. The van der Waals surface area contributed by atoms with Crippen molar-refractivity contribution >= 4 is 0 Å². The highest BCUT2D eigenvalue weighted by Gasteiger charge is 2.46. The van der Waals surface area contributed by atoms with Crippen LogP contribution in [-0.2, 0) is 4.74 Å². The molecular weight excluding hydrogens is 296 g/mol. The third-order valence-electron chi connectivity index (χ3n) is 8.35. The van der Waals surface area contributed by atoms with Gasteiger partial charge in [0.05, 0.1) is 0 Å². The Morgan fingerprint density at radius 1 is 0.875 bits per heavy atom. The van der Waals surface area contributed by atoms with Gasteiger partial charge in [-0.3, -0.25) is 0 Å². The minimum absolute atomic E-state index is 0.379. The normalized spacial score (nSPS) is 47.5. The number of hydrogen-bond donors (Lipinski definition) is 1. The maximum Gasteiger partial charge on any atom is 0.157 e. The molecule has 4 rings (SSSR count). The van der Waals surface area contributed by atoms with E-state index in [9.17, 15) is 5.11 Å². The van der Waals surface area contributed by atoms with Gasteiger partial charge >= 0.3 is 0 Å². The summed E-state index contributed by atoms with van der Waals surface area (Å²) in [6, 6.07) is 0. The maximum atomic E-state index is 10.3. The summed E-state index contributed by atoms with van der Waals surface area (Å²) in [6.45, 7) is 3.16. The SMILES string of the molecule is CC(CC1C2CCCCC2CC2CCCCC21)C1CCCOC1O. The summed E-state index contributed by atoms with van der Waals surface area (Å²) in [6.07, 6.45) is 16.6. The smallest absolute Gasteiger partial charge is 0.157 e.